The summed E-state index contributed by atoms with van der Waals surface area (Å²) >= 11 is 0. The number of aliphatic imine (C=N–C) groups is 1. The van der Waals surface area contributed by atoms with Crippen LogP contribution in [-0.2, 0) is 5.41 Å². The van der Waals surface area contributed by atoms with Gasteiger partial charge in [0.2, 0.25) is 0 Å². The molecule has 5 nitrogen and oxygen atoms in total. The highest BCUT2D eigenvalue weighted by Gasteiger charge is 2.37. The Morgan fingerprint density at radius 1 is 1.24 bits per heavy atom. The van der Waals surface area contributed by atoms with E-state index in [-0.39, 0.29) is 18.0 Å². The second kappa shape index (κ2) is 9.51. The SMILES string of the molecule is COc1c(C(C)C)cccc1C(C)(C)CC(O)(C=Nc1cc(F)cc2nc(C)ncc12)CF. The Morgan fingerprint density at radius 2 is 1.97 bits per heavy atom. The van der Waals surface area contributed by atoms with Gasteiger partial charge < -0.3 is 9.84 Å². The minimum atomic E-state index is -1.87. The average Bonchev–Trinajstić information content (AvgIpc) is 2.76. The number of aliphatic hydroxyl groups is 1. The summed E-state index contributed by atoms with van der Waals surface area (Å²) in [6, 6.07) is 8.39. The average molecular weight is 456 g/mol. The van der Waals surface area contributed by atoms with Crippen LogP contribution in [0.2, 0.25) is 0 Å². The Hall–Kier alpha value is -2.93. The molecule has 0 fully saturated rings. The Labute approximate surface area is 193 Å². The van der Waals surface area contributed by atoms with Crippen molar-refractivity contribution in [2.24, 2.45) is 4.99 Å². The summed E-state index contributed by atoms with van der Waals surface area (Å²) in [5, 5.41) is 11.6. The Balaban J connectivity index is 1.99. The van der Waals surface area contributed by atoms with Crippen LogP contribution >= 0.6 is 0 Å². The highest BCUT2D eigenvalue weighted by Crippen LogP contribution is 2.41. The summed E-state index contributed by atoms with van der Waals surface area (Å²) in [6.07, 6.45) is 2.74. The minimum absolute atomic E-state index is 0.0424. The lowest BCUT2D eigenvalue weighted by atomic mass is 9.74. The molecule has 33 heavy (non-hydrogen) atoms. The predicted octanol–water partition coefficient (Wildman–Crippen LogP) is 5.98. The number of aryl methyl sites for hydroxylation is 1. The Morgan fingerprint density at radius 3 is 2.61 bits per heavy atom. The number of alkyl halides is 1. The third-order valence-electron chi connectivity index (χ3n) is 5.79. The number of hydrogen-bond acceptors (Lipinski definition) is 5. The van der Waals surface area contributed by atoms with Gasteiger partial charge in [-0.15, -0.1) is 0 Å². The number of halogens is 2. The molecular weight excluding hydrogens is 424 g/mol. The molecule has 1 heterocycles. The summed E-state index contributed by atoms with van der Waals surface area (Å²) in [5.41, 5.74) is 0.0292. The van der Waals surface area contributed by atoms with Crippen molar-refractivity contribution in [3.05, 3.63) is 59.3 Å². The number of methoxy groups -OCH3 is 1. The highest BCUT2D eigenvalue weighted by molar-refractivity contribution is 5.91. The third kappa shape index (κ3) is 5.36. The van der Waals surface area contributed by atoms with Crippen molar-refractivity contribution < 1.29 is 18.6 Å². The van der Waals surface area contributed by atoms with Crippen LogP contribution in [0.25, 0.3) is 10.9 Å². The minimum Gasteiger partial charge on any atom is -0.496 e. The molecule has 0 bridgehead atoms. The van der Waals surface area contributed by atoms with E-state index in [9.17, 15) is 13.9 Å². The summed E-state index contributed by atoms with van der Waals surface area (Å²) in [7, 11) is 1.61. The molecule has 0 aliphatic rings. The molecule has 1 aromatic heterocycles. The summed E-state index contributed by atoms with van der Waals surface area (Å²) in [6.45, 7) is 8.67. The maximum Gasteiger partial charge on any atom is 0.129 e. The summed E-state index contributed by atoms with van der Waals surface area (Å²) < 4.78 is 34.0. The van der Waals surface area contributed by atoms with Crippen molar-refractivity contribution in [1.82, 2.24) is 9.97 Å². The van der Waals surface area contributed by atoms with E-state index in [1.165, 1.54) is 12.1 Å². The maximum absolute atomic E-state index is 14.2. The second-order valence-corrected chi connectivity index (χ2v) is 9.41. The zero-order valence-corrected chi connectivity index (χ0v) is 20.0. The zero-order chi connectivity index (χ0) is 24.4. The normalized spacial score (nSPS) is 14.2. The number of hydrogen-bond donors (Lipinski definition) is 1. The molecule has 0 saturated heterocycles. The van der Waals surface area contributed by atoms with E-state index in [2.05, 4.69) is 28.8 Å². The lowest BCUT2D eigenvalue weighted by molar-refractivity contribution is 0.0580. The van der Waals surface area contributed by atoms with E-state index in [1.807, 2.05) is 32.0 Å². The van der Waals surface area contributed by atoms with E-state index in [0.29, 0.717) is 16.7 Å². The maximum atomic E-state index is 14.2. The van der Waals surface area contributed by atoms with Gasteiger partial charge in [-0.05, 0) is 30.2 Å². The van der Waals surface area contributed by atoms with Crippen molar-refractivity contribution in [2.45, 2.75) is 58.0 Å². The van der Waals surface area contributed by atoms with E-state index < -0.39 is 23.5 Å². The van der Waals surface area contributed by atoms with Crippen molar-refractivity contribution >= 4 is 22.8 Å². The largest absolute Gasteiger partial charge is 0.496 e. The molecule has 0 spiro atoms. The lowest BCUT2D eigenvalue weighted by Gasteiger charge is -2.34. The first kappa shape index (κ1) is 24.7. The van der Waals surface area contributed by atoms with Crippen LogP contribution in [0, 0.1) is 12.7 Å². The number of rotatable bonds is 8. The number of aromatic nitrogens is 2. The van der Waals surface area contributed by atoms with E-state index in [4.69, 9.17) is 4.74 Å². The molecule has 7 heteroatoms. The second-order valence-electron chi connectivity index (χ2n) is 9.41. The van der Waals surface area contributed by atoms with Crippen LogP contribution in [0.1, 0.15) is 57.0 Å². The Bertz CT molecular complexity index is 1170. The smallest absolute Gasteiger partial charge is 0.129 e. The van der Waals surface area contributed by atoms with Gasteiger partial charge in [0, 0.05) is 35.5 Å². The summed E-state index contributed by atoms with van der Waals surface area (Å²) in [5.74, 6) is 0.957. The van der Waals surface area contributed by atoms with Gasteiger partial charge in [-0.1, -0.05) is 45.9 Å². The number of benzene rings is 2. The molecular formula is C26H31F2N3O2. The molecule has 0 radical (unpaired) electrons. The van der Waals surface area contributed by atoms with Crippen molar-refractivity contribution in [3.63, 3.8) is 0 Å². The first-order valence-corrected chi connectivity index (χ1v) is 10.9. The van der Waals surface area contributed by atoms with Crippen molar-refractivity contribution in [3.8, 4) is 5.75 Å². The fourth-order valence-electron chi connectivity index (χ4n) is 4.23. The molecule has 1 atom stereocenters. The molecule has 1 unspecified atom stereocenters. The monoisotopic (exact) mass is 455 g/mol. The van der Waals surface area contributed by atoms with Gasteiger partial charge in [0.1, 0.15) is 29.7 Å². The molecule has 2 aromatic carbocycles. The van der Waals surface area contributed by atoms with E-state index in [1.54, 1.807) is 20.2 Å². The quantitative estimate of drug-likeness (QED) is 0.424. The van der Waals surface area contributed by atoms with Crippen LogP contribution in [0.3, 0.4) is 0 Å². The van der Waals surface area contributed by atoms with Gasteiger partial charge in [-0.3, -0.25) is 4.99 Å². The molecule has 0 saturated carbocycles. The molecule has 0 aliphatic heterocycles. The molecule has 0 amide bonds. The standard InChI is InChI=1S/C26H31F2N3O2/c1-16(2)19-8-7-9-21(24(19)33-6)25(4,5)13-26(32,14-27)15-30-22-10-18(28)11-23-20(22)12-29-17(3)31-23/h7-12,15-16,32H,13-14H2,1-6H3. The van der Waals surface area contributed by atoms with Crippen LogP contribution in [0.5, 0.6) is 5.75 Å². The number of ether oxygens (including phenoxy) is 1. The first-order chi connectivity index (χ1) is 15.5. The highest BCUT2D eigenvalue weighted by atomic mass is 19.1. The zero-order valence-electron chi connectivity index (χ0n) is 20.0. The van der Waals surface area contributed by atoms with Crippen LogP contribution in [0.15, 0.2) is 41.5 Å². The lowest BCUT2D eigenvalue weighted by Crippen LogP contribution is -2.40. The van der Waals surface area contributed by atoms with Crippen LogP contribution in [0.4, 0.5) is 14.5 Å². The molecule has 3 rings (SSSR count). The van der Waals surface area contributed by atoms with Crippen molar-refractivity contribution in [2.75, 3.05) is 13.8 Å². The van der Waals surface area contributed by atoms with Gasteiger partial charge in [0.05, 0.1) is 18.3 Å². The van der Waals surface area contributed by atoms with Gasteiger partial charge in [-0.25, -0.2) is 18.7 Å². The predicted molar refractivity (Wildman–Crippen MR) is 128 cm³/mol. The van der Waals surface area contributed by atoms with Crippen LogP contribution in [-0.4, -0.2) is 40.7 Å². The number of fused-ring (bicyclic) bond motifs is 1. The van der Waals surface area contributed by atoms with E-state index in [0.717, 1.165) is 23.1 Å². The van der Waals surface area contributed by atoms with Gasteiger partial charge in [-0.2, -0.15) is 0 Å². The number of para-hydroxylation sites is 1. The van der Waals surface area contributed by atoms with Crippen LogP contribution < -0.4 is 4.74 Å². The van der Waals surface area contributed by atoms with Gasteiger partial charge >= 0.3 is 0 Å². The summed E-state index contributed by atoms with van der Waals surface area (Å²) in [4.78, 5) is 12.6. The molecule has 0 aliphatic carbocycles. The first-order valence-electron chi connectivity index (χ1n) is 10.9. The fourth-order valence-corrected chi connectivity index (χ4v) is 4.23. The van der Waals surface area contributed by atoms with Crippen molar-refractivity contribution in [1.29, 1.82) is 0 Å². The molecule has 176 valence electrons. The van der Waals surface area contributed by atoms with Gasteiger partial charge in [0.15, 0.2) is 0 Å². The number of nitrogens with zero attached hydrogens (tertiary/aromatic N) is 3. The topological polar surface area (TPSA) is 67.6 Å². The Kier molecular flexibility index (Phi) is 7.12. The van der Waals surface area contributed by atoms with Gasteiger partial charge in [0.25, 0.3) is 0 Å². The fraction of sp³-hybridized carbons (Fsp3) is 0.423. The molecule has 1 N–H and O–H groups in total. The van der Waals surface area contributed by atoms with E-state index >= 15 is 0 Å². The third-order valence-corrected chi connectivity index (χ3v) is 5.79. The molecule has 3 aromatic rings.